The van der Waals surface area contributed by atoms with Gasteiger partial charge in [-0.1, -0.05) is 12.1 Å². The average Bonchev–Trinajstić information content (AvgIpc) is 3.38. The van der Waals surface area contributed by atoms with Crippen LogP contribution in [0.5, 0.6) is 0 Å². The SMILES string of the molecule is O=C(O)[C@@H](c1ccc(-n2cccn2)cc1)N1CCN(Cc2ccsc2)CC1. The van der Waals surface area contributed by atoms with Crippen molar-refractivity contribution >= 4 is 17.3 Å². The van der Waals surface area contributed by atoms with Crippen LogP contribution in [0.1, 0.15) is 17.2 Å². The summed E-state index contributed by atoms with van der Waals surface area (Å²) in [6, 6.07) is 11.0. The third-order valence-electron chi connectivity index (χ3n) is 4.97. The predicted octanol–water partition coefficient (Wildman–Crippen LogP) is 2.88. The van der Waals surface area contributed by atoms with Crippen LogP contribution in [0.25, 0.3) is 5.69 Å². The Morgan fingerprint density at radius 1 is 1.15 bits per heavy atom. The quantitative estimate of drug-likeness (QED) is 0.710. The number of hydrogen-bond acceptors (Lipinski definition) is 5. The van der Waals surface area contributed by atoms with Crippen molar-refractivity contribution in [1.82, 2.24) is 19.6 Å². The fraction of sp³-hybridized carbons (Fsp3) is 0.300. The second-order valence-corrected chi connectivity index (χ2v) is 7.51. The number of piperazine rings is 1. The Hall–Kier alpha value is -2.48. The lowest BCUT2D eigenvalue weighted by molar-refractivity contribution is -0.144. The first-order chi connectivity index (χ1) is 13.2. The number of thiophene rings is 1. The van der Waals surface area contributed by atoms with Crippen LogP contribution in [-0.4, -0.2) is 56.8 Å². The van der Waals surface area contributed by atoms with E-state index in [0.717, 1.165) is 44.0 Å². The Bertz CT molecular complexity index is 854. The van der Waals surface area contributed by atoms with Gasteiger partial charge in [0.2, 0.25) is 0 Å². The van der Waals surface area contributed by atoms with Gasteiger partial charge in [0.1, 0.15) is 6.04 Å². The zero-order valence-corrected chi connectivity index (χ0v) is 15.8. The molecule has 0 amide bonds. The Balaban J connectivity index is 1.43. The number of carbonyl (C=O) groups is 1. The van der Waals surface area contributed by atoms with E-state index in [0.29, 0.717) is 0 Å². The van der Waals surface area contributed by atoms with Gasteiger partial charge in [-0.15, -0.1) is 0 Å². The third-order valence-corrected chi connectivity index (χ3v) is 5.70. The van der Waals surface area contributed by atoms with Crippen molar-refractivity contribution in [2.75, 3.05) is 26.2 Å². The maximum absolute atomic E-state index is 12.0. The summed E-state index contributed by atoms with van der Waals surface area (Å²) in [6.45, 7) is 4.20. The number of nitrogens with zero attached hydrogens (tertiary/aromatic N) is 4. The lowest BCUT2D eigenvalue weighted by Crippen LogP contribution is -2.48. The molecule has 0 spiro atoms. The summed E-state index contributed by atoms with van der Waals surface area (Å²) in [7, 11) is 0. The van der Waals surface area contributed by atoms with Gasteiger partial charge in [-0.3, -0.25) is 14.6 Å². The summed E-state index contributed by atoms with van der Waals surface area (Å²) in [4.78, 5) is 16.4. The first kappa shape index (κ1) is 17.9. The maximum Gasteiger partial charge on any atom is 0.325 e. The molecule has 3 aromatic rings. The highest BCUT2D eigenvalue weighted by Crippen LogP contribution is 2.24. The van der Waals surface area contributed by atoms with Gasteiger partial charge in [-0.05, 0) is 46.2 Å². The predicted molar refractivity (Wildman–Crippen MR) is 105 cm³/mol. The van der Waals surface area contributed by atoms with Crippen molar-refractivity contribution in [3.8, 4) is 5.69 Å². The summed E-state index contributed by atoms with van der Waals surface area (Å²) >= 11 is 1.71. The molecule has 3 heterocycles. The molecule has 1 aliphatic rings. The average molecular weight is 382 g/mol. The highest BCUT2D eigenvalue weighted by molar-refractivity contribution is 7.07. The molecule has 0 bridgehead atoms. The van der Waals surface area contributed by atoms with Crippen LogP contribution in [0.4, 0.5) is 0 Å². The molecular formula is C20H22N4O2S. The van der Waals surface area contributed by atoms with Gasteiger partial charge in [-0.25, -0.2) is 4.68 Å². The van der Waals surface area contributed by atoms with E-state index in [1.807, 2.05) is 36.5 Å². The van der Waals surface area contributed by atoms with Crippen LogP contribution in [-0.2, 0) is 11.3 Å². The molecule has 1 N–H and O–H groups in total. The Labute approximate surface area is 162 Å². The number of hydrogen-bond donors (Lipinski definition) is 1. The molecular weight excluding hydrogens is 360 g/mol. The van der Waals surface area contributed by atoms with E-state index in [1.54, 1.807) is 22.2 Å². The van der Waals surface area contributed by atoms with E-state index in [9.17, 15) is 9.90 Å². The van der Waals surface area contributed by atoms with Gasteiger partial charge < -0.3 is 5.11 Å². The number of carboxylic acids is 1. The molecule has 0 radical (unpaired) electrons. The number of aromatic nitrogens is 2. The largest absolute Gasteiger partial charge is 0.480 e. The molecule has 27 heavy (non-hydrogen) atoms. The minimum Gasteiger partial charge on any atom is -0.480 e. The second-order valence-electron chi connectivity index (χ2n) is 6.73. The summed E-state index contributed by atoms with van der Waals surface area (Å²) < 4.78 is 1.77. The molecule has 4 rings (SSSR count). The van der Waals surface area contributed by atoms with Crippen LogP contribution in [0.2, 0.25) is 0 Å². The first-order valence-corrected chi connectivity index (χ1v) is 9.95. The summed E-state index contributed by atoms with van der Waals surface area (Å²) in [6.07, 6.45) is 3.60. The van der Waals surface area contributed by atoms with Gasteiger partial charge in [0.15, 0.2) is 0 Å². The van der Waals surface area contributed by atoms with E-state index in [-0.39, 0.29) is 0 Å². The first-order valence-electron chi connectivity index (χ1n) is 9.01. The van der Waals surface area contributed by atoms with E-state index in [4.69, 9.17) is 0 Å². The van der Waals surface area contributed by atoms with E-state index >= 15 is 0 Å². The standard InChI is InChI=1S/C20H22N4O2S/c25-20(26)19(17-2-4-18(5-3-17)24-8-1-7-21-24)23-11-9-22(10-12-23)14-16-6-13-27-15-16/h1-8,13,15,19H,9-12,14H2,(H,25,26)/t19-/m1/s1. The van der Waals surface area contributed by atoms with Crippen molar-refractivity contribution in [1.29, 1.82) is 0 Å². The zero-order valence-electron chi connectivity index (χ0n) is 14.9. The molecule has 1 fully saturated rings. The summed E-state index contributed by atoms with van der Waals surface area (Å²) in [5, 5.41) is 18.3. The maximum atomic E-state index is 12.0. The number of carboxylic acid groups (broad SMARTS) is 1. The highest BCUT2D eigenvalue weighted by Gasteiger charge is 2.30. The molecule has 0 saturated carbocycles. The van der Waals surface area contributed by atoms with Crippen molar-refractivity contribution in [3.63, 3.8) is 0 Å². The monoisotopic (exact) mass is 382 g/mol. The molecule has 140 valence electrons. The molecule has 2 aromatic heterocycles. The number of aliphatic carboxylic acids is 1. The van der Waals surface area contributed by atoms with Crippen molar-refractivity contribution < 1.29 is 9.90 Å². The summed E-state index contributed by atoms with van der Waals surface area (Å²) in [5.74, 6) is -0.798. The molecule has 6 nitrogen and oxygen atoms in total. The molecule has 0 unspecified atom stereocenters. The fourth-order valence-corrected chi connectivity index (χ4v) is 4.22. The normalized spacial score (nSPS) is 17.0. The van der Waals surface area contributed by atoms with Crippen molar-refractivity contribution in [3.05, 3.63) is 70.7 Å². The van der Waals surface area contributed by atoms with Gasteiger partial charge in [0.05, 0.1) is 5.69 Å². The van der Waals surface area contributed by atoms with Crippen molar-refractivity contribution in [2.24, 2.45) is 0 Å². The van der Waals surface area contributed by atoms with Crippen LogP contribution in [0, 0.1) is 0 Å². The number of benzene rings is 1. The Morgan fingerprint density at radius 3 is 2.52 bits per heavy atom. The molecule has 1 saturated heterocycles. The van der Waals surface area contributed by atoms with Crippen LogP contribution >= 0.6 is 11.3 Å². The van der Waals surface area contributed by atoms with E-state index in [1.165, 1.54) is 5.56 Å². The van der Waals surface area contributed by atoms with E-state index < -0.39 is 12.0 Å². The van der Waals surface area contributed by atoms with Gasteiger partial charge in [0.25, 0.3) is 0 Å². The van der Waals surface area contributed by atoms with Crippen LogP contribution in [0.15, 0.2) is 59.6 Å². The molecule has 1 aromatic carbocycles. The van der Waals surface area contributed by atoms with E-state index in [2.05, 4.69) is 31.7 Å². The smallest absolute Gasteiger partial charge is 0.325 e. The van der Waals surface area contributed by atoms with Gasteiger partial charge in [-0.2, -0.15) is 16.4 Å². The highest BCUT2D eigenvalue weighted by atomic mass is 32.1. The number of rotatable bonds is 6. The Morgan fingerprint density at radius 2 is 1.93 bits per heavy atom. The molecule has 1 aliphatic heterocycles. The van der Waals surface area contributed by atoms with Gasteiger partial charge in [0, 0.05) is 45.1 Å². The topological polar surface area (TPSA) is 61.6 Å². The molecule has 1 atom stereocenters. The van der Waals surface area contributed by atoms with Crippen molar-refractivity contribution in [2.45, 2.75) is 12.6 Å². The Kier molecular flexibility index (Phi) is 5.33. The summed E-state index contributed by atoms with van der Waals surface area (Å²) in [5.41, 5.74) is 3.07. The zero-order chi connectivity index (χ0) is 18.6. The molecule has 7 heteroatoms. The van der Waals surface area contributed by atoms with Gasteiger partial charge >= 0.3 is 5.97 Å². The minimum absolute atomic E-state index is 0.611. The fourth-order valence-electron chi connectivity index (χ4n) is 3.56. The lowest BCUT2D eigenvalue weighted by Gasteiger charge is -2.37. The van der Waals surface area contributed by atoms with Crippen LogP contribution < -0.4 is 0 Å². The van der Waals surface area contributed by atoms with Crippen LogP contribution in [0.3, 0.4) is 0 Å². The third kappa shape index (κ3) is 4.10. The minimum atomic E-state index is -0.798. The second kappa shape index (κ2) is 8.04. The lowest BCUT2D eigenvalue weighted by atomic mass is 10.0. The molecule has 0 aliphatic carbocycles.